The number of fused-ring (bicyclic) bond motifs is 1. The van der Waals surface area contributed by atoms with Crippen molar-refractivity contribution in [1.29, 1.82) is 0 Å². The predicted molar refractivity (Wildman–Crippen MR) is 127 cm³/mol. The first-order valence-corrected chi connectivity index (χ1v) is 10.5. The van der Waals surface area contributed by atoms with Crippen LogP contribution in [0.1, 0.15) is 57.6 Å². The third kappa shape index (κ3) is 6.32. The van der Waals surface area contributed by atoms with E-state index in [4.69, 9.17) is 4.99 Å². The van der Waals surface area contributed by atoms with Gasteiger partial charge in [0, 0.05) is 31.2 Å². The van der Waals surface area contributed by atoms with Crippen LogP contribution in [0.5, 0.6) is 0 Å². The van der Waals surface area contributed by atoms with Gasteiger partial charge in [0.25, 0.3) is 0 Å². The Hall–Kier alpha value is -0.860. The summed E-state index contributed by atoms with van der Waals surface area (Å²) in [5.74, 6) is 0.907. The summed E-state index contributed by atoms with van der Waals surface area (Å²) in [5, 5.41) is 16.7. The second kappa shape index (κ2) is 10.8. The largest absolute Gasteiger partial charge is 0.393 e. The Morgan fingerprint density at radius 3 is 2.54 bits per heavy atom. The van der Waals surface area contributed by atoms with Crippen LogP contribution in [0.4, 0.5) is 0 Å². The van der Waals surface area contributed by atoms with E-state index in [2.05, 4.69) is 60.6 Å². The number of hydrogen-bond acceptors (Lipinski definition) is 3. The van der Waals surface area contributed by atoms with E-state index in [1.165, 1.54) is 11.1 Å². The van der Waals surface area contributed by atoms with Crippen molar-refractivity contribution >= 4 is 29.9 Å². The summed E-state index contributed by atoms with van der Waals surface area (Å²) in [5.41, 5.74) is 2.95. The average Bonchev–Trinajstić information content (AvgIpc) is 2.67. The summed E-state index contributed by atoms with van der Waals surface area (Å²) in [4.78, 5) is 7.47. The van der Waals surface area contributed by atoms with Gasteiger partial charge in [0.2, 0.25) is 0 Å². The number of aliphatic imine (C=N–C) groups is 1. The van der Waals surface area contributed by atoms with Crippen LogP contribution in [-0.2, 0) is 13.0 Å². The number of aliphatic hydroxyl groups is 1. The Morgan fingerprint density at radius 1 is 1.18 bits per heavy atom. The van der Waals surface area contributed by atoms with Gasteiger partial charge in [-0.15, -0.1) is 24.0 Å². The molecule has 0 atom stereocenters. The number of aliphatic hydroxyl groups excluding tert-OH is 1. The fraction of sp³-hybridized carbons (Fsp3) is 0.682. The van der Waals surface area contributed by atoms with Crippen molar-refractivity contribution in [1.82, 2.24) is 15.5 Å². The maximum Gasteiger partial charge on any atom is 0.191 e. The summed E-state index contributed by atoms with van der Waals surface area (Å²) < 4.78 is 0. The van der Waals surface area contributed by atoms with Gasteiger partial charge in [0.15, 0.2) is 5.96 Å². The van der Waals surface area contributed by atoms with E-state index in [0.29, 0.717) is 6.04 Å². The van der Waals surface area contributed by atoms with Crippen molar-refractivity contribution in [3.8, 4) is 0 Å². The van der Waals surface area contributed by atoms with Gasteiger partial charge in [-0.1, -0.05) is 24.3 Å². The van der Waals surface area contributed by atoms with Crippen molar-refractivity contribution in [2.24, 2.45) is 4.99 Å². The van der Waals surface area contributed by atoms with E-state index in [1.54, 1.807) is 0 Å². The smallest absolute Gasteiger partial charge is 0.191 e. The molecule has 0 saturated heterocycles. The maximum absolute atomic E-state index is 9.71. The molecule has 1 fully saturated rings. The molecule has 0 aromatic heterocycles. The number of nitrogens with one attached hydrogen (secondary N) is 2. The molecule has 1 saturated carbocycles. The van der Waals surface area contributed by atoms with Gasteiger partial charge in [0.05, 0.1) is 12.6 Å². The van der Waals surface area contributed by atoms with Crippen LogP contribution >= 0.6 is 24.0 Å². The molecular weight excluding hydrogens is 463 g/mol. The number of rotatable bonds is 5. The summed E-state index contributed by atoms with van der Waals surface area (Å²) >= 11 is 0. The van der Waals surface area contributed by atoms with Gasteiger partial charge >= 0.3 is 0 Å². The lowest BCUT2D eigenvalue weighted by molar-refractivity contribution is 0.111. The number of hydrogen-bond donors (Lipinski definition) is 3. The van der Waals surface area contributed by atoms with Crippen molar-refractivity contribution in [2.45, 2.75) is 77.1 Å². The molecule has 6 heteroatoms. The summed E-state index contributed by atoms with van der Waals surface area (Å²) in [6, 6.07) is 9.21. The lowest BCUT2D eigenvalue weighted by Gasteiger charge is -2.41. The molecule has 1 aliphatic heterocycles. The number of benzene rings is 1. The zero-order valence-corrected chi connectivity index (χ0v) is 19.9. The van der Waals surface area contributed by atoms with Gasteiger partial charge in [-0.25, -0.2) is 0 Å². The van der Waals surface area contributed by atoms with E-state index >= 15 is 0 Å². The molecule has 2 aliphatic rings. The topological polar surface area (TPSA) is 59.9 Å². The third-order valence-corrected chi connectivity index (χ3v) is 5.99. The summed E-state index contributed by atoms with van der Waals surface area (Å²) in [6.07, 6.45) is 4.79. The molecule has 0 unspecified atom stereocenters. The average molecular weight is 500 g/mol. The second-order valence-electron chi connectivity index (χ2n) is 8.60. The van der Waals surface area contributed by atoms with Crippen LogP contribution in [0.25, 0.3) is 0 Å². The zero-order chi connectivity index (χ0) is 19.3. The van der Waals surface area contributed by atoms with Crippen molar-refractivity contribution in [2.75, 3.05) is 19.6 Å². The molecule has 0 radical (unpaired) electrons. The Bertz CT molecular complexity index is 641. The minimum atomic E-state index is -0.122. The van der Waals surface area contributed by atoms with E-state index in [1.807, 2.05) is 0 Å². The van der Waals surface area contributed by atoms with Crippen molar-refractivity contribution in [3.05, 3.63) is 35.4 Å². The molecule has 3 N–H and O–H groups in total. The molecule has 1 aliphatic carbocycles. The number of nitrogens with zero attached hydrogens (tertiary/aromatic N) is 2. The van der Waals surface area contributed by atoms with E-state index in [0.717, 1.165) is 64.2 Å². The van der Waals surface area contributed by atoms with Crippen molar-refractivity contribution in [3.63, 3.8) is 0 Å². The summed E-state index contributed by atoms with van der Waals surface area (Å²) in [6.45, 7) is 10.4. The Morgan fingerprint density at radius 2 is 1.86 bits per heavy atom. The molecule has 3 rings (SSSR count). The minimum Gasteiger partial charge on any atom is -0.393 e. The first kappa shape index (κ1) is 23.4. The number of guanidine groups is 1. The first-order valence-electron chi connectivity index (χ1n) is 10.5. The monoisotopic (exact) mass is 500 g/mol. The van der Waals surface area contributed by atoms with E-state index in [-0.39, 0.29) is 35.6 Å². The predicted octanol–water partition coefficient (Wildman–Crippen LogP) is 3.30. The van der Waals surface area contributed by atoms with Crippen LogP contribution in [0, 0.1) is 0 Å². The van der Waals surface area contributed by atoms with Gasteiger partial charge in [-0.2, -0.15) is 0 Å². The molecule has 1 heterocycles. The van der Waals surface area contributed by atoms with Gasteiger partial charge < -0.3 is 15.7 Å². The zero-order valence-electron chi connectivity index (χ0n) is 17.6. The number of halogens is 1. The van der Waals surface area contributed by atoms with Crippen LogP contribution in [0.3, 0.4) is 0 Å². The van der Waals surface area contributed by atoms with Crippen molar-refractivity contribution < 1.29 is 5.11 Å². The van der Waals surface area contributed by atoms with E-state index in [9.17, 15) is 5.11 Å². The summed E-state index contributed by atoms with van der Waals surface area (Å²) in [7, 11) is 0. The van der Waals surface area contributed by atoms with Crippen LogP contribution in [0.2, 0.25) is 0 Å². The Labute approximate surface area is 187 Å². The second-order valence-corrected chi connectivity index (χ2v) is 8.60. The SMILES string of the molecule is CCNC(=NCC(C)(C)N1CCc2ccccc2C1)NC1CCC(O)CC1.I. The molecule has 1 aromatic rings. The van der Waals surface area contributed by atoms with E-state index < -0.39 is 0 Å². The lowest BCUT2D eigenvalue weighted by atomic mass is 9.93. The molecule has 1 aromatic carbocycles. The normalized spacial score (nSPS) is 23.5. The maximum atomic E-state index is 9.71. The first-order chi connectivity index (χ1) is 13.0. The molecular formula is C22H37IN4O. The highest BCUT2D eigenvalue weighted by molar-refractivity contribution is 14.0. The van der Waals surface area contributed by atoms with Gasteiger partial charge in [-0.05, 0) is 64.0 Å². The Balaban J connectivity index is 0.00000280. The molecule has 28 heavy (non-hydrogen) atoms. The highest BCUT2D eigenvalue weighted by atomic mass is 127. The lowest BCUT2D eigenvalue weighted by Crippen LogP contribution is -2.50. The van der Waals surface area contributed by atoms with Crippen LogP contribution < -0.4 is 10.6 Å². The Kier molecular flexibility index (Phi) is 9.02. The third-order valence-electron chi connectivity index (χ3n) is 5.99. The quantitative estimate of drug-likeness (QED) is 0.330. The highest BCUT2D eigenvalue weighted by Gasteiger charge is 2.30. The van der Waals surface area contributed by atoms with Gasteiger partial charge in [0.1, 0.15) is 0 Å². The fourth-order valence-corrected chi connectivity index (χ4v) is 4.12. The molecule has 0 bridgehead atoms. The molecule has 0 spiro atoms. The highest BCUT2D eigenvalue weighted by Crippen LogP contribution is 2.25. The fourth-order valence-electron chi connectivity index (χ4n) is 4.12. The minimum absolute atomic E-state index is 0. The standard InChI is InChI=1S/C22H36N4O.HI/c1-4-23-21(25-19-9-11-20(27)12-10-19)24-16-22(2,3)26-14-13-17-7-5-6-8-18(17)15-26;/h5-8,19-20,27H,4,9-16H2,1-3H3,(H2,23,24,25);1H. The van der Waals surface area contributed by atoms with Crippen LogP contribution in [-0.4, -0.2) is 53.3 Å². The molecule has 5 nitrogen and oxygen atoms in total. The molecule has 0 amide bonds. The van der Waals surface area contributed by atoms with Gasteiger partial charge in [-0.3, -0.25) is 9.89 Å². The van der Waals surface area contributed by atoms with Crippen LogP contribution in [0.15, 0.2) is 29.3 Å². The molecule has 158 valence electrons.